The summed E-state index contributed by atoms with van der Waals surface area (Å²) in [5, 5.41) is 20.0. The molecule has 2 heterocycles. The van der Waals surface area contributed by atoms with E-state index >= 15 is 0 Å². The molecule has 0 aliphatic carbocycles. The third kappa shape index (κ3) is 2.36. The summed E-state index contributed by atoms with van der Waals surface area (Å²) in [7, 11) is 0. The van der Waals surface area contributed by atoms with Crippen LogP contribution in [0.2, 0.25) is 0 Å². The Morgan fingerprint density at radius 2 is 2.28 bits per heavy atom. The van der Waals surface area contributed by atoms with Gasteiger partial charge in [-0.15, -0.1) is 5.10 Å². The first-order chi connectivity index (χ1) is 8.61. The summed E-state index contributed by atoms with van der Waals surface area (Å²) >= 11 is 0. The first-order valence-corrected chi connectivity index (χ1v) is 5.56. The summed E-state index contributed by atoms with van der Waals surface area (Å²) in [6.07, 6.45) is 1.65. The standard InChI is InChI=1S/C10H13N5O3/c1-3-4-8-11-7(13-18-8)5-15-6(2)9(10(16)17)12-14-15/h3-5H2,1-2H3,(H,16,17). The second-order valence-electron chi connectivity index (χ2n) is 3.84. The number of aryl methyl sites for hydroxylation is 1. The number of hydrogen-bond donors (Lipinski definition) is 1. The molecule has 0 aliphatic rings. The van der Waals surface area contributed by atoms with Crippen LogP contribution in [0.3, 0.4) is 0 Å². The highest BCUT2D eigenvalue weighted by Crippen LogP contribution is 2.07. The van der Waals surface area contributed by atoms with Gasteiger partial charge in [0.2, 0.25) is 5.89 Å². The van der Waals surface area contributed by atoms with Gasteiger partial charge in [0.05, 0.1) is 5.69 Å². The van der Waals surface area contributed by atoms with E-state index in [1.165, 1.54) is 4.68 Å². The Labute approximate surface area is 103 Å². The van der Waals surface area contributed by atoms with Crippen LogP contribution in [-0.2, 0) is 13.0 Å². The molecule has 0 aromatic carbocycles. The topological polar surface area (TPSA) is 107 Å². The minimum Gasteiger partial charge on any atom is -0.476 e. The van der Waals surface area contributed by atoms with E-state index in [1.54, 1.807) is 6.92 Å². The van der Waals surface area contributed by atoms with Gasteiger partial charge >= 0.3 is 5.97 Å². The molecular weight excluding hydrogens is 238 g/mol. The third-order valence-corrected chi connectivity index (χ3v) is 2.45. The van der Waals surface area contributed by atoms with Gasteiger partial charge in [-0.25, -0.2) is 9.48 Å². The zero-order chi connectivity index (χ0) is 13.1. The maximum Gasteiger partial charge on any atom is 0.358 e. The van der Waals surface area contributed by atoms with Crippen molar-refractivity contribution >= 4 is 5.97 Å². The van der Waals surface area contributed by atoms with Gasteiger partial charge in [-0.1, -0.05) is 17.3 Å². The van der Waals surface area contributed by atoms with Crippen molar-refractivity contribution in [2.24, 2.45) is 0 Å². The number of aromatic carboxylic acids is 1. The minimum atomic E-state index is -1.10. The normalized spacial score (nSPS) is 10.8. The first kappa shape index (κ1) is 12.2. The summed E-state index contributed by atoms with van der Waals surface area (Å²) in [5.41, 5.74) is 0.400. The van der Waals surface area contributed by atoms with Crippen LogP contribution in [0.5, 0.6) is 0 Å². The molecule has 0 fully saturated rings. The van der Waals surface area contributed by atoms with Crippen molar-refractivity contribution < 1.29 is 14.4 Å². The van der Waals surface area contributed by atoms with Gasteiger partial charge in [0.1, 0.15) is 6.54 Å². The summed E-state index contributed by atoms with van der Waals surface area (Å²) < 4.78 is 6.47. The van der Waals surface area contributed by atoms with Gasteiger partial charge in [-0.3, -0.25) is 0 Å². The Hall–Kier alpha value is -2.25. The zero-order valence-corrected chi connectivity index (χ0v) is 10.1. The molecule has 0 spiro atoms. The van der Waals surface area contributed by atoms with Crippen molar-refractivity contribution in [2.45, 2.75) is 33.2 Å². The third-order valence-electron chi connectivity index (χ3n) is 2.45. The average Bonchev–Trinajstić information content (AvgIpc) is 2.89. The zero-order valence-electron chi connectivity index (χ0n) is 10.1. The molecule has 2 aromatic heterocycles. The lowest BCUT2D eigenvalue weighted by Gasteiger charge is -1.97. The van der Waals surface area contributed by atoms with Gasteiger partial charge < -0.3 is 9.63 Å². The molecule has 0 aliphatic heterocycles. The molecule has 18 heavy (non-hydrogen) atoms. The molecule has 8 heteroatoms. The van der Waals surface area contributed by atoms with Crippen LogP contribution in [-0.4, -0.2) is 36.2 Å². The van der Waals surface area contributed by atoms with Gasteiger partial charge in [-0.2, -0.15) is 4.98 Å². The van der Waals surface area contributed by atoms with Gasteiger partial charge in [-0.05, 0) is 13.3 Å². The first-order valence-electron chi connectivity index (χ1n) is 5.56. The van der Waals surface area contributed by atoms with E-state index in [1.807, 2.05) is 6.92 Å². The van der Waals surface area contributed by atoms with Crippen molar-refractivity contribution in [3.63, 3.8) is 0 Å². The molecule has 8 nitrogen and oxygen atoms in total. The molecule has 0 saturated heterocycles. The van der Waals surface area contributed by atoms with E-state index in [2.05, 4.69) is 20.5 Å². The van der Waals surface area contributed by atoms with E-state index in [4.69, 9.17) is 9.63 Å². The van der Waals surface area contributed by atoms with E-state index in [0.29, 0.717) is 17.4 Å². The molecule has 0 atom stereocenters. The maximum absolute atomic E-state index is 10.8. The molecular formula is C10H13N5O3. The molecule has 0 saturated carbocycles. The van der Waals surface area contributed by atoms with Gasteiger partial charge in [0, 0.05) is 6.42 Å². The number of carboxylic acid groups (broad SMARTS) is 1. The highest BCUT2D eigenvalue weighted by Gasteiger charge is 2.16. The van der Waals surface area contributed by atoms with Crippen molar-refractivity contribution in [2.75, 3.05) is 0 Å². The summed E-state index contributed by atoms with van der Waals surface area (Å²) in [4.78, 5) is 15.0. The maximum atomic E-state index is 10.8. The summed E-state index contributed by atoms with van der Waals surface area (Å²) in [5.74, 6) is -0.0642. The van der Waals surface area contributed by atoms with Crippen molar-refractivity contribution in [3.05, 3.63) is 23.1 Å². The van der Waals surface area contributed by atoms with Crippen LogP contribution in [0.25, 0.3) is 0 Å². The molecule has 2 rings (SSSR count). The summed E-state index contributed by atoms with van der Waals surface area (Å²) in [6.45, 7) is 3.90. The number of carbonyl (C=O) groups is 1. The van der Waals surface area contributed by atoms with Crippen LogP contribution >= 0.6 is 0 Å². The Bertz CT molecular complexity index is 560. The lowest BCUT2D eigenvalue weighted by atomic mass is 10.3. The molecule has 0 unspecified atom stereocenters. The Morgan fingerprint density at radius 3 is 2.89 bits per heavy atom. The lowest BCUT2D eigenvalue weighted by molar-refractivity contribution is 0.0689. The summed E-state index contributed by atoms with van der Waals surface area (Å²) in [6, 6.07) is 0. The Morgan fingerprint density at radius 1 is 1.50 bits per heavy atom. The smallest absolute Gasteiger partial charge is 0.358 e. The number of aromatic nitrogens is 5. The number of hydrogen-bond acceptors (Lipinski definition) is 6. The van der Waals surface area contributed by atoms with Crippen molar-refractivity contribution in [3.8, 4) is 0 Å². The molecule has 2 aromatic rings. The fraction of sp³-hybridized carbons (Fsp3) is 0.500. The predicted octanol–water partition coefficient (Wildman–Crippen LogP) is 0.669. The van der Waals surface area contributed by atoms with E-state index < -0.39 is 5.97 Å². The van der Waals surface area contributed by atoms with E-state index in [-0.39, 0.29) is 12.2 Å². The number of rotatable bonds is 5. The molecule has 1 N–H and O–H groups in total. The fourth-order valence-corrected chi connectivity index (χ4v) is 1.51. The Kier molecular flexibility index (Phi) is 3.35. The van der Waals surface area contributed by atoms with Crippen LogP contribution < -0.4 is 0 Å². The SMILES string of the molecule is CCCc1nc(Cn2nnc(C(=O)O)c2C)no1. The largest absolute Gasteiger partial charge is 0.476 e. The quantitative estimate of drug-likeness (QED) is 0.831. The highest BCUT2D eigenvalue weighted by molar-refractivity contribution is 5.86. The average molecular weight is 251 g/mol. The van der Waals surface area contributed by atoms with Crippen LogP contribution in [0.15, 0.2) is 4.52 Å². The van der Waals surface area contributed by atoms with Crippen molar-refractivity contribution in [1.82, 2.24) is 25.1 Å². The molecule has 0 bridgehead atoms. The molecule has 96 valence electrons. The second kappa shape index (κ2) is 4.94. The molecule has 0 radical (unpaired) electrons. The minimum absolute atomic E-state index is 0.0627. The highest BCUT2D eigenvalue weighted by atomic mass is 16.5. The van der Waals surface area contributed by atoms with E-state index in [0.717, 1.165) is 12.8 Å². The second-order valence-corrected chi connectivity index (χ2v) is 3.84. The van der Waals surface area contributed by atoms with Crippen LogP contribution in [0.1, 0.15) is 41.2 Å². The Balaban J connectivity index is 2.15. The van der Waals surface area contributed by atoms with Crippen LogP contribution in [0, 0.1) is 6.92 Å². The lowest BCUT2D eigenvalue weighted by Crippen LogP contribution is -2.07. The van der Waals surface area contributed by atoms with Gasteiger partial charge in [0.15, 0.2) is 11.5 Å². The monoisotopic (exact) mass is 251 g/mol. The van der Waals surface area contributed by atoms with Gasteiger partial charge in [0.25, 0.3) is 0 Å². The number of carboxylic acids is 1. The molecule has 0 amide bonds. The van der Waals surface area contributed by atoms with Crippen molar-refractivity contribution in [1.29, 1.82) is 0 Å². The fourth-order valence-electron chi connectivity index (χ4n) is 1.51. The predicted molar refractivity (Wildman–Crippen MR) is 59.1 cm³/mol. The van der Waals surface area contributed by atoms with Crippen LogP contribution in [0.4, 0.5) is 0 Å². The number of nitrogens with zero attached hydrogens (tertiary/aromatic N) is 5. The van der Waals surface area contributed by atoms with E-state index in [9.17, 15) is 4.79 Å².